The number of hydrogen-bond donors (Lipinski definition) is 1. The second-order valence-corrected chi connectivity index (χ2v) is 7.11. The number of non-ortho nitro benzene ring substituents is 1. The van der Waals surface area contributed by atoms with Gasteiger partial charge in [-0.3, -0.25) is 19.8 Å². The first-order valence-electron chi connectivity index (χ1n) is 9.33. The Kier molecular flexibility index (Phi) is 5.86. The van der Waals surface area contributed by atoms with Crippen LogP contribution in [0.4, 0.5) is 11.4 Å². The number of likely N-dealkylation sites (tertiary alicyclic amines) is 1. The lowest BCUT2D eigenvalue weighted by atomic mass is 9.99. The first-order valence-corrected chi connectivity index (χ1v) is 9.33. The van der Waals surface area contributed by atoms with Crippen molar-refractivity contribution >= 4 is 17.3 Å². The number of nitrogens with one attached hydrogen (secondary N) is 1. The lowest BCUT2D eigenvalue weighted by molar-refractivity contribution is -0.384. The first-order chi connectivity index (χ1) is 13.0. The molecule has 27 heavy (non-hydrogen) atoms. The van der Waals surface area contributed by atoms with Gasteiger partial charge in [0.15, 0.2) is 0 Å². The van der Waals surface area contributed by atoms with Gasteiger partial charge in [-0.1, -0.05) is 36.8 Å². The number of nitro groups is 1. The van der Waals surface area contributed by atoms with E-state index in [9.17, 15) is 14.9 Å². The predicted molar refractivity (Wildman–Crippen MR) is 106 cm³/mol. The standard InChI is InChI=1S/C21H25N3O3/c1-15-8-6-9-16(2)19(15)22-21(25)20(23-12-4-3-5-13-23)17-10-7-11-18(14-17)24(26)27/h6-11,14,20H,3-5,12-13H2,1-2H3,(H,22,25)/t20-/m1/s1. The molecule has 142 valence electrons. The van der Waals surface area contributed by atoms with Crippen molar-refractivity contribution in [3.63, 3.8) is 0 Å². The zero-order valence-electron chi connectivity index (χ0n) is 15.8. The van der Waals surface area contributed by atoms with Crippen LogP contribution in [0, 0.1) is 24.0 Å². The van der Waals surface area contributed by atoms with Gasteiger partial charge in [-0.15, -0.1) is 0 Å². The first kappa shape index (κ1) is 19.0. The van der Waals surface area contributed by atoms with E-state index in [0.29, 0.717) is 5.56 Å². The van der Waals surface area contributed by atoms with Gasteiger partial charge in [0.05, 0.1) is 4.92 Å². The van der Waals surface area contributed by atoms with Crippen LogP contribution < -0.4 is 5.32 Å². The van der Waals surface area contributed by atoms with Crippen molar-refractivity contribution in [1.82, 2.24) is 4.90 Å². The molecule has 0 aromatic heterocycles. The number of hydrogen-bond acceptors (Lipinski definition) is 4. The summed E-state index contributed by atoms with van der Waals surface area (Å²) >= 11 is 0. The minimum atomic E-state index is -0.538. The lowest BCUT2D eigenvalue weighted by Crippen LogP contribution is -2.40. The molecule has 0 aliphatic carbocycles. The minimum Gasteiger partial charge on any atom is -0.324 e. The number of carbonyl (C=O) groups excluding carboxylic acids is 1. The van der Waals surface area contributed by atoms with Crippen LogP contribution in [0.15, 0.2) is 42.5 Å². The van der Waals surface area contributed by atoms with Crippen LogP contribution in [0.1, 0.15) is 42.0 Å². The van der Waals surface area contributed by atoms with Crippen molar-refractivity contribution in [2.45, 2.75) is 39.2 Å². The SMILES string of the molecule is Cc1cccc(C)c1NC(=O)[C@@H](c1cccc([N+](=O)[O-])c1)N1CCCCC1. The van der Waals surface area contributed by atoms with E-state index in [1.807, 2.05) is 32.0 Å². The van der Waals surface area contributed by atoms with E-state index < -0.39 is 11.0 Å². The van der Waals surface area contributed by atoms with Gasteiger partial charge in [-0.05, 0) is 56.5 Å². The van der Waals surface area contributed by atoms with E-state index in [-0.39, 0.29) is 11.6 Å². The summed E-state index contributed by atoms with van der Waals surface area (Å²) in [5, 5.41) is 14.3. The summed E-state index contributed by atoms with van der Waals surface area (Å²) in [6.45, 7) is 5.55. The Hall–Kier alpha value is -2.73. The summed E-state index contributed by atoms with van der Waals surface area (Å²) < 4.78 is 0. The molecule has 2 aromatic carbocycles. The average Bonchev–Trinajstić information content (AvgIpc) is 2.66. The van der Waals surface area contributed by atoms with Crippen molar-refractivity contribution in [2.24, 2.45) is 0 Å². The fourth-order valence-corrected chi connectivity index (χ4v) is 3.72. The predicted octanol–water partition coefficient (Wildman–Crippen LogP) is 4.38. The van der Waals surface area contributed by atoms with Gasteiger partial charge in [0.1, 0.15) is 6.04 Å². The molecule has 1 atom stereocenters. The molecule has 1 aliphatic heterocycles. The van der Waals surface area contributed by atoms with E-state index >= 15 is 0 Å². The zero-order valence-corrected chi connectivity index (χ0v) is 15.8. The molecule has 6 nitrogen and oxygen atoms in total. The monoisotopic (exact) mass is 367 g/mol. The van der Waals surface area contributed by atoms with Crippen LogP contribution in [0.25, 0.3) is 0 Å². The molecule has 1 heterocycles. The quantitative estimate of drug-likeness (QED) is 0.629. The highest BCUT2D eigenvalue weighted by Gasteiger charge is 2.30. The van der Waals surface area contributed by atoms with Gasteiger partial charge in [0, 0.05) is 17.8 Å². The number of anilines is 1. The van der Waals surface area contributed by atoms with Gasteiger partial charge in [0.25, 0.3) is 5.69 Å². The summed E-state index contributed by atoms with van der Waals surface area (Å²) in [6.07, 6.45) is 3.21. The van der Waals surface area contributed by atoms with Crippen molar-refractivity contribution < 1.29 is 9.72 Å². The number of nitrogens with zero attached hydrogens (tertiary/aromatic N) is 2. The molecule has 0 radical (unpaired) electrons. The third-order valence-corrected chi connectivity index (χ3v) is 5.13. The van der Waals surface area contributed by atoms with Crippen LogP contribution in [-0.2, 0) is 4.79 Å². The van der Waals surface area contributed by atoms with Gasteiger partial charge >= 0.3 is 0 Å². The average molecular weight is 367 g/mol. The number of carbonyl (C=O) groups is 1. The third-order valence-electron chi connectivity index (χ3n) is 5.13. The Morgan fingerprint density at radius 1 is 1.07 bits per heavy atom. The summed E-state index contributed by atoms with van der Waals surface area (Å²) in [5.74, 6) is -0.144. The molecule has 1 aliphatic rings. The van der Waals surface area contributed by atoms with E-state index in [2.05, 4.69) is 10.2 Å². The highest BCUT2D eigenvalue weighted by Crippen LogP contribution is 2.29. The highest BCUT2D eigenvalue weighted by atomic mass is 16.6. The topological polar surface area (TPSA) is 75.5 Å². The van der Waals surface area contributed by atoms with Crippen LogP contribution in [-0.4, -0.2) is 28.8 Å². The molecule has 0 unspecified atom stereocenters. The molecule has 1 fully saturated rings. The number of nitro benzene ring substituents is 1. The molecule has 2 aromatic rings. The maximum atomic E-state index is 13.3. The van der Waals surface area contributed by atoms with Crippen LogP contribution in [0.2, 0.25) is 0 Å². The second-order valence-electron chi connectivity index (χ2n) is 7.11. The Morgan fingerprint density at radius 3 is 2.33 bits per heavy atom. The summed E-state index contributed by atoms with van der Waals surface area (Å²) in [5.41, 5.74) is 3.48. The number of rotatable bonds is 5. The van der Waals surface area contributed by atoms with Crippen molar-refractivity contribution in [2.75, 3.05) is 18.4 Å². The zero-order chi connectivity index (χ0) is 19.4. The molecule has 6 heteroatoms. The molecule has 1 N–H and O–H groups in total. The van der Waals surface area contributed by atoms with Crippen molar-refractivity contribution in [3.05, 3.63) is 69.3 Å². The molecule has 0 saturated carbocycles. The Morgan fingerprint density at radius 2 is 1.70 bits per heavy atom. The van der Waals surface area contributed by atoms with Gasteiger partial charge in [0.2, 0.25) is 5.91 Å². The van der Waals surface area contributed by atoms with Crippen LogP contribution in [0.5, 0.6) is 0 Å². The molecule has 0 bridgehead atoms. The number of para-hydroxylation sites is 1. The highest BCUT2D eigenvalue weighted by molar-refractivity contribution is 5.97. The van der Waals surface area contributed by atoms with Crippen LogP contribution >= 0.6 is 0 Å². The fraction of sp³-hybridized carbons (Fsp3) is 0.381. The van der Waals surface area contributed by atoms with Crippen molar-refractivity contribution in [3.8, 4) is 0 Å². The molecule has 3 rings (SSSR count). The van der Waals surface area contributed by atoms with Gasteiger partial charge < -0.3 is 5.32 Å². The van der Waals surface area contributed by atoms with Crippen LogP contribution in [0.3, 0.4) is 0 Å². The third kappa shape index (κ3) is 4.34. The molecular formula is C21H25N3O3. The molecule has 1 amide bonds. The van der Waals surface area contributed by atoms with Gasteiger partial charge in [-0.2, -0.15) is 0 Å². The van der Waals surface area contributed by atoms with E-state index in [4.69, 9.17) is 0 Å². The molecule has 0 spiro atoms. The summed E-state index contributed by atoms with van der Waals surface area (Å²) in [4.78, 5) is 26.2. The number of amides is 1. The molecule has 1 saturated heterocycles. The minimum absolute atomic E-state index is 0.00869. The van der Waals surface area contributed by atoms with E-state index in [1.165, 1.54) is 12.1 Å². The maximum absolute atomic E-state index is 13.3. The number of benzene rings is 2. The number of piperidine rings is 1. The molecular weight excluding hydrogens is 342 g/mol. The lowest BCUT2D eigenvalue weighted by Gasteiger charge is -2.34. The van der Waals surface area contributed by atoms with E-state index in [0.717, 1.165) is 49.2 Å². The Labute approximate surface area is 159 Å². The van der Waals surface area contributed by atoms with Gasteiger partial charge in [-0.25, -0.2) is 0 Å². The fourth-order valence-electron chi connectivity index (χ4n) is 3.72. The van der Waals surface area contributed by atoms with E-state index in [1.54, 1.807) is 12.1 Å². The summed E-state index contributed by atoms with van der Waals surface area (Å²) in [7, 11) is 0. The normalized spacial score (nSPS) is 15.9. The Bertz CT molecular complexity index is 824. The Balaban J connectivity index is 1.95. The van der Waals surface area contributed by atoms with Crippen molar-refractivity contribution in [1.29, 1.82) is 0 Å². The maximum Gasteiger partial charge on any atom is 0.269 e. The second kappa shape index (κ2) is 8.31. The largest absolute Gasteiger partial charge is 0.324 e. The smallest absolute Gasteiger partial charge is 0.269 e. The summed E-state index contributed by atoms with van der Waals surface area (Å²) in [6, 6.07) is 11.8. The number of aryl methyl sites for hydroxylation is 2.